The summed E-state index contributed by atoms with van der Waals surface area (Å²) in [5, 5.41) is 9.61. The molecule has 1 aromatic rings. The Morgan fingerprint density at radius 2 is 2.46 bits per heavy atom. The van der Waals surface area contributed by atoms with E-state index in [1.54, 1.807) is 11.3 Å². The Morgan fingerprint density at radius 1 is 1.69 bits per heavy atom. The minimum Gasteiger partial charge on any atom is -0.389 e. The molecule has 2 heterocycles. The van der Waals surface area contributed by atoms with Crippen molar-refractivity contribution < 1.29 is 0 Å². The third kappa shape index (κ3) is 1.08. The molecule has 1 aromatic heterocycles. The van der Waals surface area contributed by atoms with Crippen LogP contribution in [0.1, 0.15) is 17.4 Å². The lowest BCUT2D eigenvalue weighted by atomic mass is 10.2. The Balaban J connectivity index is 2.55. The zero-order valence-corrected chi connectivity index (χ0v) is 8.32. The first-order valence-electron chi connectivity index (χ1n) is 4.34. The van der Waals surface area contributed by atoms with Gasteiger partial charge < -0.3 is 10.6 Å². The van der Waals surface area contributed by atoms with Gasteiger partial charge in [-0.25, -0.2) is 0 Å². The van der Waals surface area contributed by atoms with E-state index >= 15 is 0 Å². The first-order valence-corrected chi connectivity index (χ1v) is 5.15. The Morgan fingerprint density at radius 3 is 3.08 bits per heavy atom. The van der Waals surface area contributed by atoms with E-state index in [0.717, 1.165) is 25.2 Å². The SMILES string of the molecule is CCN1CCc2sc(N)c(C#N)c21. The molecule has 0 aliphatic carbocycles. The lowest BCUT2D eigenvalue weighted by molar-refractivity contribution is 0.868. The number of hydrogen-bond donors (Lipinski definition) is 1. The van der Waals surface area contributed by atoms with Gasteiger partial charge in [-0.05, 0) is 6.92 Å². The molecule has 0 saturated carbocycles. The Bertz CT molecular complexity index is 375. The summed E-state index contributed by atoms with van der Waals surface area (Å²) >= 11 is 1.56. The second-order valence-corrected chi connectivity index (χ2v) is 4.19. The van der Waals surface area contributed by atoms with E-state index in [4.69, 9.17) is 11.0 Å². The van der Waals surface area contributed by atoms with Gasteiger partial charge in [0, 0.05) is 24.4 Å². The van der Waals surface area contributed by atoms with Crippen LogP contribution in [0, 0.1) is 11.3 Å². The van der Waals surface area contributed by atoms with Crippen molar-refractivity contribution >= 4 is 22.0 Å². The average Bonchev–Trinajstić information content (AvgIpc) is 2.62. The molecule has 0 radical (unpaired) electrons. The van der Waals surface area contributed by atoms with Gasteiger partial charge in [-0.15, -0.1) is 11.3 Å². The molecule has 0 aromatic carbocycles. The van der Waals surface area contributed by atoms with Crippen molar-refractivity contribution in [1.82, 2.24) is 0 Å². The monoisotopic (exact) mass is 193 g/mol. The molecule has 0 saturated heterocycles. The van der Waals surface area contributed by atoms with E-state index in [0.29, 0.717) is 10.6 Å². The van der Waals surface area contributed by atoms with E-state index in [9.17, 15) is 0 Å². The maximum atomic E-state index is 8.93. The molecule has 13 heavy (non-hydrogen) atoms. The smallest absolute Gasteiger partial charge is 0.110 e. The fraction of sp³-hybridized carbons (Fsp3) is 0.444. The number of nitrogen functional groups attached to an aromatic ring is 1. The van der Waals surface area contributed by atoms with Crippen molar-refractivity contribution in [2.45, 2.75) is 13.3 Å². The van der Waals surface area contributed by atoms with E-state index < -0.39 is 0 Å². The molecule has 0 bridgehead atoms. The number of nitrogens with two attached hydrogens (primary N) is 1. The minimum absolute atomic E-state index is 0.672. The van der Waals surface area contributed by atoms with Gasteiger partial charge in [0.15, 0.2) is 0 Å². The summed E-state index contributed by atoms with van der Waals surface area (Å²) in [4.78, 5) is 3.50. The van der Waals surface area contributed by atoms with Crippen LogP contribution in [0.4, 0.5) is 10.7 Å². The summed E-state index contributed by atoms with van der Waals surface area (Å²) in [5.74, 6) is 0. The second-order valence-electron chi connectivity index (χ2n) is 3.05. The van der Waals surface area contributed by atoms with Gasteiger partial charge >= 0.3 is 0 Å². The normalized spacial score (nSPS) is 14.3. The topological polar surface area (TPSA) is 53.0 Å². The summed E-state index contributed by atoms with van der Waals surface area (Å²) in [6, 6.07) is 2.18. The van der Waals surface area contributed by atoms with Crippen molar-refractivity contribution in [2.24, 2.45) is 0 Å². The van der Waals surface area contributed by atoms with Crippen molar-refractivity contribution in [3.8, 4) is 6.07 Å². The van der Waals surface area contributed by atoms with Crippen LogP contribution in [0.3, 0.4) is 0 Å². The average molecular weight is 193 g/mol. The van der Waals surface area contributed by atoms with Gasteiger partial charge in [0.1, 0.15) is 16.6 Å². The van der Waals surface area contributed by atoms with Crippen LogP contribution in [-0.2, 0) is 6.42 Å². The zero-order valence-electron chi connectivity index (χ0n) is 7.50. The lowest BCUT2D eigenvalue weighted by Gasteiger charge is -2.15. The highest BCUT2D eigenvalue weighted by Crippen LogP contribution is 2.41. The van der Waals surface area contributed by atoms with Crippen LogP contribution >= 0.6 is 11.3 Å². The molecule has 0 unspecified atom stereocenters. The molecule has 0 atom stereocenters. The van der Waals surface area contributed by atoms with Crippen LogP contribution in [0.5, 0.6) is 0 Å². The molecule has 68 valence electrons. The van der Waals surface area contributed by atoms with Crippen molar-refractivity contribution in [3.63, 3.8) is 0 Å². The van der Waals surface area contributed by atoms with Crippen molar-refractivity contribution in [2.75, 3.05) is 23.7 Å². The van der Waals surface area contributed by atoms with Gasteiger partial charge in [-0.3, -0.25) is 0 Å². The van der Waals surface area contributed by atoms with E-state index in [1.807, 2.05) is 0 Å². The number of rotatable bonds is 1. The van der Waals surface area contributed by atoms with Gasteiger partial charge in [-0.1, -0.05) is 0 Å². The number of thiophene rings is 1. The largest absolute Gasteiger partial charge is 0.389 e. The highest BCUT2D eigenvalue weighted by molar-refractivity contribution is 7.16. The third-order valence-corrected chi connectivity index (χ3v) is 3.47. The van der Waals surface area contributed by atoms with Gasteiger partial charge in [0.25, 0.3) is 0 Å². The summed E-state index contributed by atoms with van der Waals surface area (Å²) in [5.41, 5.74) is 7.52. The molecule has 2 N–H and O–H groups in total. The fourth-order valence-electron chi connectivity index (χ4n) is 1.76. The van der Waals surface area contributed by atoms with Crippen LogP contribution < -0.4 is 10.6 Å². The third-order valence-electron chi connectivity index (χ3n) is 2.40. The lowest BCUT2D eigenvalue weighted by Crippen LogP contribution is -2.20. The number of hydrogen-bond acceptors (Lipinski definition) is 4. The maximum absolute atomic E-state index is 8.93. The van der Waals surface area contributed by atoms with Crippen LogP contribution in [0.15, 0.2) is 0 Å². The van der Waals surface area contributed by atoms with Gasteiger partial charge in [-0.2, -0.15) is 5.26 Å². The molecular weight excluding hydrogens is 182 g/mol. The van der Waals surface area contributed by atoms with Crippen molar-refractivity contribution in [3.05, 3.63) is 10.4 Å². The van der Waals surface area contributed by atoms with E-state index in [2.05, 4.69) is 17.9 Å². The highest BCUT2D eigenvalue weighted by Gasteiger charge is 2.25. The summed E-state index contributed by atoms with van der Waals surface area (Å²) in [6.45, 7) is 4.09. The summed E-state index contributed by atoms with van der Waals surface area (Å²) in [7, 11) is 0. The minimum atomic E-state index is 0.672. The fourth-order valence-corrected chi connectivity index (χ4v) is 2.80. The van der Waals surface area contributed by atoms with Gasteiger partial charge in [0.05, 0.1) is 5.69 Å². The molecule has 0 spiro atoms. The first kappa shape index (κ1) is 8.39. The zero-order chi connectivity index (χ0) is 9.42. The first-order chi connectivity index (χ1) is 6.27. The maximum Gasteiger partial charge on any atom is 0.110 e. The molecule has 1 aliphatic heterocycles. The number of anilines is 2. The molecule has 3 nitrogen and oxygen atoms in total. The molecule has 0 fully saturated rings. The number of fused-ring (bicyclic) bond motifs is 1. The number of nitrogens with zero attached hydrogens (tertiary/aromatic N) is 2. The highest BCUT2D eigenvalue weighted by atomic mass is 32.1. The molecular formula is C9H11N3S. The van der Waals surface area contributed by atoms with Crippen LogP contribution in [0.25, 0.3) is 0 Å². The second kappa shape index (κ2) is 2.93. The molecule has 0 amide bonds. The Labute approximate surface area is 81.4 Å². The Hall–Kier alpha value is -1.21. The number of nitriles is 1. The van der Waals surface area contributed by atoms with Crippen LogP contribution in [0.2, 0.25) is 0 Å². The molecule has 2 rings (SSSR count). The van der Waals surface area contributed by atoms with Crippen molar-refractivity contribution in [1.29, 1.82) is 5.26 Å². The Kier molecular flexibility index (Phi) is 1.89. The number of likely N-dealkylation sites (N-methyl/N-ethyl adjacent to an activating group) is 1. The predicted octanol–water partition coefficient (Wildman–Crippen LogP) is 1.58. The standard InChI is InChI=1S/C9H11N3S/c1-2-12-4-3-7-8(12)6(5-10)9(11)13-7/h2-4,11H2,1H3. The van der Waals surface area contributed by atoms with Gasteiger partial charge in [0.2, 0.25) is 0 Å². The quantitative estimate of drug-likeness (QED) is 0.736. The summed E-state index contributed by atoms with van der Waals surface area (Å²) < 4.78 is 0. The van der Waals surface area contributed by atoms with E-state index in [-0.39, 0.29) is 0 Å². The molecule has 4 heteroatoms. The predicted molar refractivity (Wildman–Crippen MR) is 55.0 cm³/mol. The summed E-state index contributed by atoms with van der Waals surface area (Å²) in [6.07, 6.45) is 1.04. The molecule has 1 aliphatic rings. The van der Waals surface area contributed by atoms with Crippen LogP contribution in [-0.4, -0.2) is 13.1 Å². The van der Waals surface area contributed by atoms with E-state index in [1.165, 1.54) is 4.88 Å².